The zero-order valence-electron chi connectivity index (χ0n) is 59.7. The summed E-state index contributed by atoms with van der Waals surface area (Å²) in [5.41, 5.74) is 0. The highest BCUT2D eigenvalue weighted by molar-refractivity contribution is 5.76. The standard InChI is InChI=1S/C82H157NO5/c1-3-5-7-9-11-13-15-17-19-21-23-24-25-33-36-39-42-46-50-54-58-62-66-70-74-80(85)79(78-84)83-81(86)75-71-67-63-59-55-51-47-43-40-37-34-31-29-27-26-28-30-32-35-38-41-45-49-53-57-61-65-69-73-77-88-82(87)76-72-68-64-60-56-52-48-44-22-20-18-16-14-12-10-8-6-4-2/h14,16,20,22,26,28,79-80,84-85H,3-13,15,17-19,21,23-25,27,29-78H2,1-2H3,(H,83,86)/b16-14-,22-20-,28-26-. The first-order valence-electron chi connectivity index (χ1n) is 40.2. The van der Waals surface area contributed by atoms with Gasteiger partial charge in [-0.1, -0.05) is 391 Å². The molecule has 6 heteroatoms. The van der Waals surface area contributed by atoms with Crippen LogP contribution < -0.4 is 5.32 Å². The quantitative estimate of drug-likeness (QED) is 0.0320. The smallest absolute Gasteiger partial charge is 0.305 e. The van der Waals surface area contributed by atoms with Gasteiger partial charge in [0.05, 0.1) is 25.4 Å². The normalized spacial score (nSPS) is 12.6. The average molecular weight is 1240 g/mol. The van der Waals surface area contributed by atoms with E-state index in [1.54, 1.807) is 0 Å². The second kappa shape index (κ2) is 77.5. The fraction of sp³-hybridized carbons (Fsp3) is 0.902. The molecule has 0 aliphatic carbocycles. The summed E-state index contributed by atoms with van der Waals surface area (Å²) in [6.45, 7) is 4.98. The SMILES string of the molecule is CCCCCC/C=C\C/C=C\CCCCCCCCCC(=O)OCCCCCCCCCCCCCC/C=C\CCCCCCCCCCCCCCCC(=O)NC(CO)C(O)CCCCCCCCCCCCCCCCCCCCCCCCCC. The van der Waals surface area contributed by atoms with Crippen LogP contribution >= 0.6 is 0 Å². The molecule has 0 aromatic carbocycles. The Labute approximate surface area is 551 Å². The molecule has 0 aliphatic rings. The van der Waals surface area contributed by atoms with Crippen molar-refractivity contribution >= 4 is 11.9 Å². The molecule has 0 aromatic rings. The summed E-state index contributed by atoms with van der Waals surface area (Å²) >= 11 is 0. The van der Waals surface area contributed by atoms with E-state index in [1.807, 2.05) is 0 Å². The zero-order chi connectivity index (χ0) is 63.5. The molecule has 0 aliphatic heterocycles. The monoisotopic (exact) mass is 1240 g/mol. The van der Waals surface area contributed by atoms with E-state index >= 15 is 0 Å². The number of aliphatic hydroxyl groups is 2. The van der Waals surface area contributed by atoms with E-state index in [2.05, 4.69) is 55.6 Å². The number of esters is 1. The molecule has 0 bridgehead atoms. The van der Waals surface area contributed by atoms with E-state index in [-0.39, 0.29) is 18.5 Å². The van der Waals surface area contributed by atoms with Crippen LogP contribution in [0.5, 0.6) is 0 Å². The lowest BCUT2D eigenvalue weighted by molar-refractivity contribution is -0.143. The summed E-state index contributed by atoms with van der Waals surface area (Å²) < 4.78 is 5.51. The van der Waals surface area contributed by atoms with Gasteiger partial charge in [0.1, 0.15) is 0 Å². The van der Waals surface area contributed by atoms with Crippen LogP contribution in [0.4, 0.5) is 0 Å². The Balaban J connectivity index is 3.37. The molecule has 0 rings (SSSR count). The Hall–Kier alpha value is -1.92. The minimum absolute atomic E-state index is 0.0101. The predicted octanol–water partition coefficient (Wildman–Crippen LogP) is 26.6. The van der Waals surface area contributed by atoms with Crippen LogP contribution in [-0.4, -0.2) is 47.4 Å². The number of aliphatic hydroxyl groups excluding tert-OH is 2. The predicted molar refractivity (Wildman–Crippen MR) is 389 cm³/mol. The summed E-state index contributed by atoms with van der Waals surface area (Å²) in [6.07, 6.45) is 101. The maximum Gasteiger partial charge on any atom is 0.305 e. The Bertz CT molecular complexity index is 1430. The molecule has 88 heavy (non-hydrogen) atoms. The molecule has 3 N–H and O–H groups in total. The fourth-order valence-electron chi connectivity index (χ4n) is 12.8. The molecule has 0 saturated heterocycles. The van der Waals surface area contributed by atoms with Crippen molar-refractivity contribution in [3.05, 3.63) is 36.5 Å². The Kier molecular flexibility index (Phi) is 75.8. The number of rotatable bonds is 76. The molecule has 520 valence electrons. The maximum atomic E-state index is 12.6. The van der Waals surface area contributed by atoms with Crippen molar-refractivity contribution < 1.29 is 24.5 Å². The second-order valence-electron chi connectivity index (χ2n) is 27.7. The number of ether oxygens (including phenoxy) is 1. The molecular formula is C82H157NO5. The van der Waals surface area contributed by atoms with Gasteiger partial charge in [0.25, 0.3) is 0 Å². The van der Waals surface area contributed by atoms with Crippen molar-refractivity contribution in [2.24, 2.45) is 0 Å². The Morgan fingerprint density at radius 3 is 0.886 bits per heavy atom. The van der Waals surface area contributed by atoms with Crippen LogP contribution in [0.1, 0.15) is 450 Å². The van der Waals surface area contributed by atoms with Crippen molar-refractivity contribution in [2.75, 3.05) is 13.2 Å². The minimum Gasteiger partial charge on any atom is -0.466 e. The van der Waals surface area contributed by atoms with Gasteiger partial charge < -0.3 is 20.3 Å². The van der Waals surface area contributed by atoms with E-state index in [0.717, 1.165) is 51.4 Å². The van der Waals surface area contributed by atoms with Crippen molar-refractivity contribution in [1.29, 1.82) is 0 Å². The van der Waals surface area contributed by atoms with Crippen LogP contribution in [0.3, 0.4) is 0 Å². The first-order valence-corrected chi connectivity index (χ1v) is 40.2. The molecule has 0 spiro atoms. The molecule has 1 amide bonds. The third-order valence-corrected chi connectivity index (χ3v) is 18.9. The minimum atomic E-state index is -0.666. The summed E-state index contributed by atoms with van der Waals surface area (Å²) in [5, 5.41) is 23.5. The molecule has 0 radical (unpaired) electrons. The summed E-state index contributed by atoms with van der Waals surface area (Å²) in [6, 6.07) is -0.543. The Morgan fingerprint density at radius 1 is 0.318 bits per heavy atom. The van der Waals surface area contributed by atoms with Gasteiger partial charge in [0, 0.05) is 12.8 Å². The van der Waals surface area contributed by atoms with Crippen LogP contribution in [0.25, 0.3) is 0 Å². The maximum absolute atomic E-state index is 12.6. The molecule has 2 atom stereocenters. The van der Waals surface area contributed by atoms with Crippen LogP contribution in [-0.2, 0) is 14.3 Å². The van der Waals surface area contributed by atoms with Gasteiger partial charge in [-0.2, -0.15) is 0 Å². The summed E-state index contributed by atoms with van der Waals surface area (Å²) in [5.74, 6) is -0.0187. The number of carbonyl (C=O) groups is 2. The fourth-order valence-corrected chi connectivity index (χ4v) is 12.8. The van der Waals surface area contributed by atoms with E-state index in [4.69, 9.17) is 4.74 Å². The molecule has 0 aromatic heterocycles. The lowest BCUT2D eigenvalue weighted by Gasteiger charge is -2.22. The topological polar surface area (TPSA) is 95.9 Å². The molecule has 0 heterocycles. The van der Waals surface area contributed by atoms with Crippen molar-refractivity contribution in [3.63, 3.8) is 0 Å². The van der Waals surface area contributed by atoms with E-state index in [1.165, 1.54) is 366 Å². The third-order valence-electron chi connectivity index (χ3n) is 18.9. The highest BCUT2D eigenvalue weighted by Gasteiger charge is 2.20. The number of amides is 1. The van der Waals surface area contributed by atoms with Gasteiger partial charge in [-0.05, 0) is 83.5 Å². The molecule has 0 fully saturated rings. The van der Waals surface area contributed by atoms with E-state index < -0.39 is 12.1 Å². The number of allylic oxidation sites excluding steroid dienone is 6. The van der Waals surface area contributed by atoms with Crippen molar-refractivity contribution in [3.8, 4) is 0 Å². The highest BCUT2D eigenvalue weighted by Crippen LogP contribution is 2.20. The third kappa shape index (κ3) is 73.1. The van der Waals surface area contributed by atoms with E-state index in [0.29, 0.717) is 25.9 Å². The van der Waals surface area contributed by atoms with E-state index in [9.17, 15) is 19.8 Å². The van der Waals surface area contributed by atoms with Gasteiger partial charge in [0.15, 0.2) is 0 Å². The van der Waals surface area contributed by atoms with Crippen LogP contribution in [0.2, 0.25) is 0 Å². The number of carbonyl (C=O) groups excluding carboxylic acids is 2. The molecule has 2 unspecified atom stereocenters. The van der Waals surface area contributed by atoms with Crippen LogP contribution in [0, 0.1) is 0 Å². The summed E-state index contributed by atoms with van der Waals surface area (Å²) in [7, 11) is 0. The molecule has 0 saturated carbocycles. The van der Waals surface area contributed by atoms with Crippen molar-refractivity contribution in [2.45, 2.75) is 463 Å². The Morgan fingerprint density at radius 2 is 0.568 bits per heavy atom. The lowest BCUT2D eigenvalue weighted by Crippen LogP contribution is -2.45. The molecule has 6 nitrogen and oxygen atoms in total. The highest BCUT2D eigenvalue weighted by atomic mass is 16.5. The number of nitrogens with one attached hydrogen (secondary N) is 1. The number of hydrogen-bond donors (Lipinski definition) is 3. The van der Waals surface area contributed by atoms with Gasteiger partial charge in [-0.25, -0.2) is 0 Å². The number of unbranched alkanes of at least 4 members (excludes halogenated alkanes) is 59. The van der Waals surface area contributed by atoms with Gasteiger partial charge in [0.2, 0.25) is 5.91 Å². The number of hydrogen-bond acceptors (Lipinski definition) is 5. The molecular weight excluding hydrogens is 1080 g/mol. The second-order valence-corrected chi connectivity index (χ2v) is 27.7. The van der Waals surface area contributed by atoms with Crippen molar-refractivity contribution in [1.82, 2.24) is 5.32 Å². The first-order chi connectivity index (χ1) is 43.5. The lowest BCUT2D eigenvalue weighted by atomic mass is 10.0. The summed E-state index contributed by atoms with van der Waals surface area (Å²) in [4.78, 5) is 24.7. The largest absolute Gasteiger partial charge is 0.466 e. The van der Waals surface area contributed by atoms with Crippen LogP contribution in [0.15, 0.2) is 36.5 Å². The van der Waals surface area contributed by atoms with Gasteiger partial charge in [-0.15, -0.1) is 0 Å². The first kappa shape index (κ1) is 86.1. The average Bonchev–Trinajstić information content (AvgIpc) is 3.58. The van der Waals surface area contributed by atoms with Gasteiger partial charge in [-0.3, -0.25) is 9.59 Å². The van der Waals surface area contributed by atoms with Gasteiger partial charge >= 0.3 is 5.97 Å². The zero-order valence-corrected chi connectivity index (χ0v) is 59.7.